The summed E-state index contributed by atoms with van der Waals surface area (Å²) in [5, 5.41) is 3.62. The molecule has 5 nitrogen and oxygen atoms in total. The fourth-order valence-corrected chi connectivity index (χ4v) is 3.38. The van der Waals surface area contributed by atoms with Crippen molar-refractivity contribution in [2.75, 3.05) is 23.4 Å². The van der Waals surface area contributed by atoms with Crippen LogP contribution in [0.3, 0.4) is 0 Å². The van der Waals surface area contributed by atoms with Crippen LogP contribution >= 0.6 is 23.2 Å². The lowest BCUT2D eigenvalue weighted by Crippen LogP contribution is -2.33. The molecule has 136 valence electrons. The summed E-state index contributed by atoms with van der Waals surface area (Å²) in [6.07, 6.45) is 1.86. The molecule has 0 saturated carbocycles. The number of nitrogens with zero attached hydrogens (tertiary/aromatic N) is 1. The van der Waals surface area contributed by atoms with Gasteiger partial charge in [-0.1, -0.05) is 29.3 Å². The summed E-state index contributed by atoms with van der Waals surface area (Å²) in [5.41, 5.74) is 2.57. The van der Waals surface area contributed by atoms with E-state index in [-0.39, 0.29) is 18.4 Å². The summed E-state index contributed by atoms with van der Waals surface area (Å²) in [5.74, 6) is 0.0655. The molecule has 0 bridgehead atoms. The average molecular weight is 393 g/mol. The SMILES string of the molecule is CC(=O)N1CCCc2ccc(NC(=O)COc3ccc(Cl)cc3Cl)cc21. The number of halogens is 2. The second kappa shape index (κ2) is 7.98. The molecule has 0 unspecified atom stereocenters. The Morgan fingerprint density at radius 1 is 1.19 bits per heavy atom. The molecular formula is C19H18Cl2N2O3. The normalized spacial score (nSPS) is 13.1. The van der Waals surface area contributed by atoms with Gasteiger partial charge in [-0.05, 0) is 48.7 Å². The first kappa shape index (κ1) is 18.5. The zero-order chi connectivity index (χ0) is 18.7. The van der Waals surface area contributed by atoms with Crippen LogP contribution in [0.2, 0.25) is 10.0 Å². The van der Waals surface area contributed by atoms with Crippen molar-refractivity contribution in [1.82, 2.24) is 0 Å². The van der Waals surface area contributed by atoms with Gasteiger partial charge in [0.25, 0.3) is 5.91 Å². The lowest BCUT2D eigenvalue weighted by atomic mass is 10.0. The first-order valence-corrected chi connectivity index (χ1v) is 8.98. The van der Waals surface area contributed by atoms with Crippen LogP contribution in [0.25, 0.3) is 0 Å². The van der Waals surface area contributed by atoms with Gasteiger partial charge in [0.1, 0.15) is 5.75 Å². The number of carbonyl (C=O) groups is 2. The zero-order valence-electron chi connectivity index (χ0n) is 14.2. The topological polar surface area (TPSA) is 58.6 Å². The van der Waals surface area contributed by atoms with Crippen molar-refractivity contribution in [3.05, 3.63) is 52.0 Å². The van der Waals surface area contributed by atoms with Gasteiger partial charge in [0, 0.05) is 29.9 Å². The second-order valence-electron chi connectivity index (χ2n) is 6.03. The van der Waals surface area contributed by atoms with E-state index in [4.69, 9.17) is 27.9 Å². The number of rotatable bonds is 4. The number of amides is 2. The smallest absolute Gasteiger partial charge is 0.262 e. The number of carbonyl (C=O) groups excluding carboxylic acids is 2. The van der Waals surface area contributed by atoms with Crippen molar-refractivity contribution in [2.24, 2.45) is 0 Å². The lowest BCUT2D eigenvalue weighted by molar-refractivity contribution is -0.118. The highest BCUT2D eigenvalue weighted by atomic mass is 35.5. The molecular weight excluding hydrogens is 375 g/mol. The zero-order valence-corrected chi connectivity index (χ0v) is 15.7. The van der Waals surface area contributed by atoms with Gasteiger partial charge < -0.3 is 15.0 Å². The molecule has 1 heterocycles. The molecule has 0 atom stereocenters. The van der Waals surface area contributed by atoms with Gasteiger partial charge in [-0.3, -0.25) is 9.59 Å². The highest BCUT2D eigenvalue weighted by molar-refractivity contribution is 6.35. The predicted molar refractivity (Wildman–Crippen MR) is 103 cm³/mol. The number of hydrogen-bond acceptors (Lipinski definition) is 3. The van der Waals surface area contributed by atoms with Crippen LogP contribution in [0.5, 0.6) is 5.75 Å². The van der Waals surface area contributed by atoms with Crippen LogP contribution in [0.1, 0.15) is 18.9 Å². The molecule has 0 aromatic heterocycles. The summed E-state index contributed by atoms with van der Waals surface area (Å²) in [6.45, 7) is 2.05. The van der Waals surface area contributed by atoms with Crippen LogP contribution in [-0.4, -0.2) is 25.0 Å². The van der Waals surface area contributed by atoms with Crippen molar-refractivity contribution in [3.8, 4) is 5.75 Å². The standard InChI is InChI=1S/C19H18Cl2N2O3/c1-12(24)23-8-2-3-13-4-6-15(10-17(13)23)22-19(25)11-26-18-7-5-14(20)9-16(18)21/h4-7,9-10H,2-3,8,11H2,1H3,(H,22,25). The van der Waals surface area contributed by atoms with Crippen molar-refractivity contribution >= 4 is 46.4 Å². The molecule has 0 spiro atoms. The third-order valence-electron chi connectivity index (χ3n) is 4.12. The molecule has 26 heavy (non-hydrogen) atoms. The van der Waals surface area contributed by atoms with Gasteiger partial charge in [0.15, 0.2) is 6.61 Å². The third-order valence-corrected chi connectivity index (χ3v) is 4.65. The van der Waals surface area contributed by atoms with Gasteiger partial charge in [0.2, 0.25) is 5.91 Å². The molecule has 1 aliphatic rings. The van der Waals surface area contributed by atoms with E-state index in [0.717, 1.165) is 24.1 Å². The number of benzene rings is 2. The van der Waals surface area contributed by atoms with Crippen LogP contribution in [0.15, 0.2) is 36.4 Å². The Kier molecular flexibility index (Phi) is 5.69. The molecule has 0 saturated heterocycles. The minimum absolute atomic E-state index is 0.00450. The molecule has 0 fully saturated rings. The Hall–Kier alpha value is -2.24. The van der Waals surface area contributed by atoms with E-state index < -0.39 is 0 Å². The fraction of sp³-hybridized carbons (Fsp3) is 0.263. The van der Waals surface area contributed by atoms with Crippen molar-refractivity contribution in [1.29, 1.82) is 0 Å². The molecule has 2 aromatic rings. The number of aryl methyl sites for hydroxylation is 1. The van der Waals surface area contributed by atoms with E-state index in [1.807, 2.05) is 18.2 Å². The van der Waals surface area contributed by atoms with Crippen LogP contribution in [-0.2, 0) is 16.0 Å². The molecule has 2 amide bonds. The molecule has 2 aromatic carbocycles. The summed E-state index contributed by atoms with van der Waals surface area (Å²) in [4.78, 5) is 25.7. The van der Waals surface area contributed by atoms with E-state index in [2.05, 4.69) is 5.32 Å². The first-order chi connectivity index (χ1) is 12.4. The molecule has 1 aliphatic heterocycles. The highest BCUT2D eigenvalue weighted by Crippen LogP contribution is 2.30. The van der Waals surface area contributed by atoms with Crippen molar-refractivity contribution in [2.45, 2.75) is 19.8 Å². The maximum atomic E-state index is 12.2. The average Bonchev–Trinajstić information content (AvgIpc) is 2.60. The Morgan fingerprint density at radius 2 is 2.00 bits per heavy atom. The molecule has 3 rings (SSSR count). The number of anilines is 2. The van der Waals surface area contributed by atoms with Gasteiger partial charge in [0.05, 0.1) is 5.02 Å². The number of fused-ring (bicyclic) bond motifs is 1. The number of nitrogens with one attached hydrogen (secondary N) is 1. The van der Waals surface area contributed by atoms with Crippen LogP contribution in [0, 0.1) is 0 Å². The summed E-state index contributed by atoms with van der Waals surface area (Å²) >= 11 is 11.9. The van der Waals surface area contributed by atoms with Crippen LogP contribution < -0.4 is 15.0 Å². The predicted octanol–water partition coefficient (Wildman–Crippen LogP) is 4.31. The highest BCUT2D eigenvalue weighted by Gasteiger charge is 2.20. The van der Waals surface area contributed by atoms with E-state index in [9.17, 15) is 9.59 Å². The minimum Gasteiger partial charge on any atom is -0.482 e. The van der Waals surface area contributed by atoms with E-state index in [1.165, 1.54) is 0 Å². The van der Waals surface area contributed by atoms with Gasteiger partial charge in [-0.15, -0.1) is 0 Å². The number of ether oxygens (including phenoxy) is 1. The van der Waals surface area contributed by atoms with Gasteiger partial charge >= 0.3 is 0 Å². The van der Waals surface area contributed by atoms with Gasteiger partial charge in [-0.2, -0.15) is 0 Å². The largest absolute Gasteiger partial charge is 0.482 e. The van der Waals surface area contributed by atoms with E-state index >= 15 is 0 Å². The molecule has 0 aliphatic carbocycles. The monoisotopic (exact) mass is 392 g/mol. The quantitative estimate of drug-likeness (QED) is 0.842. The second-order valence-corrected chi connectivity index (χ2v) is 6.87. The first-order valence-electron chi connectivity index (χ1n) is 8.23. The van der Waals surface area contributed by atoms with Crippen molar-refractivity contribution in [3.63, 3.8) is 0 Å². The Morgan fingerprint density at radius 3 is 2.73 bits per heavy atom. The maximum absolute atomic E-state index is 12.2. The van der Waals surface area contributed by atoms with Gasteiger partial charge in [-0.25, -0.2) is 0 Å². The molecule has 7 heteroatoms. The Balaban J connectivity index is 1.66. The minimum atomic E-state index is -0.318. The summed E-state index contributed by atoms with van der Waals surface area (Å²) < 4.78 is 5.43. The van der Waals surface area contributed by atoms with Crippen molar-refractivity contribution < 1.29 is 14.3 Å². The summed E-state index contributed by atoms with van der Waals surface area (Å²) in [7, 11) is 0. The Labute approximate surface area is 161 Å². The fourth-order valence-electron chi connectivity index (χ4n) is 2.91. The van der Waals surface area contributed by atoms with Crippen LogP contribution in [0.4, 0.5) is 11.4 Å². The summed E-state index contributed by atoms with van der Waals surface area (Å²) in [6, 6.07) is 10.4. The maximum Gasteiger partial charge on any atom is 0.262 e. The Bertz CT molecular complexity index is 855. The van der Waals surface area contributed by atoms with E-state index in [0.29, 0.717) is 28.0 Å². The van der Waals surface area contributed by atoms with E-state index in [1.54, 1.807) is 30.0 Å². The number of hydrogen-bond donors (Lipinski definition) is 1. The third kappa shape index (κ3) is 4.29. The lowest BCUT2D eigenvalue weighted by Gasteiger charge is -2.29. The molecule has 1 N–H and O–H groups in total. The molecule has 0 radical (unpaired) electrons.